The molecule has 0 radical (unpaired) electrons. The number of nitrogens with one attached hydrogen (secondary N) is 2. The van der Waals surface area contributed by atoms with E-state index in [4.69, 9.17) is 5.11 Å². The van der Waals surface area contributed by atoms with E-state index in [0.29, 0.717) is 12.2 Å². The third-order valence-corrected chi connectivity index (χ3v) is 2.81. The Labute approximate surface area is 123 Å². The predicted octanol–water partition coefficient (Wildman–Crippen LogP) is 1.41. The van der Waals surface area contributed by atoms with Gasteiger partial charge in [-0.25, -0.2) is 0 Å². The topological polar surface area (TPSA) is 95.5 Å². The fourth-order valence-corrected chi connectivity index (χ4v) is 1.82. The Morgan fingerprint density at radius 1 is 1.19 bits per heavy atom. The lowest BCUT2D eigenvalue weighted by Crippen LogP contribution is -2.30. The second kappa shape index (κ2) is 8.04. The monoisotopic (exact) mass is 292 g/mol. The molecule has 0 saturated heterocycles. The van der Waals surface area contributed by atoms with E-state index < -0.39 is 5.97 Å². The van der Waals surface area contributed by atoms with Gasteiger partial charge in [0, 0.05) is 25.6 Å². The smallest absolute Gasteiger partial charge is 0.303 e. The Hall–Kier alpha value is -2.37. The van der Waals surface area contributed by atoms with Crippen molar-refractivity contribution in [2.45, 2.75) is 26.7 Å². The number of carbonyl (C=O) groups excluding carboxylic acids is 2. The molecule has 21 heavy (non-hydrogen) atoms. The molecule has 0 aliphatic rings. The summed E-state index contributed by atoms with van der Waals surface area (Å²) in [6.07, 6.45) is 0.256. The van der Waals surface area contributed by atoms with Gasteiger partial charge in [-0.2, -0.15) is 0 Å². The van der Waals surface area contributed by atoms with Crippen molar-refractivity contribution in [2.75, 3.05) is 11.9 Å². The van der Waals surface area contributed by atoms with Gasteiger partial charge in [0.25, 0.3) is 0 Å². The van der Waals surface area contributed by atoms with Crippen molar-refractivity contribution >= 4 is 23.5 Å². The van der Waals surface area contributed by atoms with Gasteiger partial charge < -0.3 is 15.7 Å². The van der Waals surface area contributed by atoms with Crippen LogP contribution in [0.4, 0.5) is 5.69 Å². The lowest BCUT2D eigenvalue weighted by molar-refractivity contribution is -0.138. The first-order chi connectivity index (χ1) is 9.86. The Bertz CT molecular complexity index is 511. The largest absolute Gasteiger partial charge is 0.481 e. The summed E-state index contributed by atoms with van der Waals surface area (Å²) in [5.41, 5.74) is 1.51. The molecule has 0 heterocycles. The number of rotatable bonds is 7. The lowest BCUT2D eigenvalue weighted by Gasteiger charge is -2.10. The van der Waals surface area contributed by atoms with Crippen LogP contribution in [0.15, 0.2) is 24.3 Å². The summed E-state index contributed by atoms with van der Waals surface area (Å²) in [7, 11) is 0. The molecule has 0 fully saturated rings. The number of hydrogen-bond donors (Lipinski definition) is 3. The molecule has 0 saturated carbocycles. The Kier molecular flexibility index (Phi) is 6.39. The number of amides is 2. The van der Waals surface area contributed by atoms with Crippen LogP contribution in [-0.4, -0.2) is 29.4 Å². The lowest BCUT2D eigenvalue weighted by atomic mass is 10.1. The van der Waals surface area contributed by atoms with E-state index in [9.17, 15) is 14.4 Å². The van der Waals surface area contributed by atoms with Crippen molar-refractivity contribution in [1.29, 1.82) is 0 Å². The van der Waals surface area contributed by atoms with Gasteiger partial charge in [-0.15, -0.1) is 0 Å². The normalized spacial score (nSPS) is 11.5. The molecule has 3 N–H and O–H groups in total. The molecule has 0 aromatic heterocycles. The third kappa shape index (κ3) is 7.10. The maximum Gasteiger partial charge on any atom is 0.303 e. The van der Waals surface area contributed by atoms with E-state index in [1.807, 2.05) is 0 Å². The maximum absolute atomic E-state index is 11.7. The molecular weight excluding hydrogens is 272 g/mol. The predicted molar refractivity (Wildman–Crippen MR) is 78.9 cm³/mol. The first-order valence-electron chi connectivity index (χ1n) is 6.72. The van der Waals surface area contributed by atoms with Crippen LogP contribution >= 0.6 is 0 Å². The maximum atomic E-state index is 11.7. The van der Waals surface area contributed by atoms with Crippen molar-refractivity contribution in [3.63, 3.8) is 0 Å². The van der Waals surface area contributed by atoms with Crippen LogP contribution in [0.1, 0.15) is 25.8 Å². The summed E-state index contributed by atoms with van der Waals surface area (Å²) in [5.74, 6) is -1.27. The summed E-state index contributed by atoms with van der Waals surface area (Å²) in [5, 5.41) is 14.0. The van der Waals surface area contributed by atoms with Crippen molar-refractivity contribution in [1.82, 2.24) is 5.32 Å². The molecule has 0 bridgehead atoms. The van der Waals surface area contributed by atoms with Crippen LogP contribution in [0, 0.1) is 5.92 Å². The molecule has 0 spiro atoms. The molecule has 6 nitrogen and oxygen atoms in total. The number of carboxylic acids is 1. The van der Waals surface area contributed by atoms with Crippen molar-refractivity contribution in [3.05, 3.63) is 29.8 Å². The average Bonchev–Trinajstić information content (AvgIpc) is 2.37. The van der Waals surface area contributed by atoms with E-state index in [1.165, 1.54) is 6.92 Å². The zero-order valence-electron chi connectivity index (χ0n) is 12.2. The van der Waals surface area contributed by atoms with E-state index in [-0.39, 0.29) is 30.6 Å². The number of carboxylic acid groups (broad SMARTS) is 1. The van der Waals surface area contributed by atoms with Crippen LogP contribution in [0.5, 0.6) is 0 Å². The summed E-state index contributed by atoms with van der Waals surface area (Å²) in [6, 6.07) is 7.01. The molecule has 2 amide bonds. The van der Waals surface area contributed by atoms with Crippen LogP contribution in [0.2, 0.25) is 0 Å². The highest BCUT2D eigenvalue weighted by atomic mass is 16.4. The second-order valence-corrected chi connectivity index (χ2v) is 5.06. The standard InChI is InChI=1S/C15H20N2O4/c1-10(7-15(20)21)9-16-14(19)8-12-3-5-13(6-4-12)17-11(2)18/h3-6,10H,7-9H2,1-2H3,(H,16,19)(H,17,18)(H,20,21). The highest BCUT2D eigenvalue weighted by Crippen LogP contribution is 2.10. The summed E-state index contributed by atoms with van der Waals surface area (Å²) in [4.78, 5) is 33.1. The minimum absolute atomic E-state index is 0.0334. The van der Waals surface area contributed by atoms with E-state index in [2.05, 4.69) is 10.6 Å². The fourth-order valence-electron chi connectivity index (χ4n) is 1.82. The fraction of sp³-hybridized carbons (Fsp3) is 0.400. The van der Waals surface area contributed by atoms with E-state index in [0.717, 1.165) is 5.56 Å². The molecule has 1 unspecified atom stereocenters. The van der Waals surface area contributed by atoms with Gasteiger partial charge in [0.1, 0.15) is 0 Å². The van der Waals surface area contributed by atoms with Crippen molar-refractivity contribution in [3.8, 4) is 0 Å². The number of benzene rings is 1. The van der Waals surface area contributed by atoms with Crippen molar-refractivity contribution in [2.24, 2.45) is 5.92 Å². The molecule has 114 valence electrons. The van der Waals surface area contributed by atoms with Gasteiger partial charge in [-0.3, -0.25) is 14.4 Å². The third-order valence-electron chi connectivity index (χ3n) is 2.81. The highest BCUT2D eigenvalue weighted by Gasteiger charge is 2.09. The molecule has 0 aliphatic carbocycles. The first-order valence-corrected chi connectivity index (χ1v) is 6.72. The van der Waals surface area contributed by atoms with E-state index in [1.54, 1.807) is 31.2 Å². The molecule has 1 aromatic rings. The molecular formula is C15H20N2O4. The van der Waals surface area contributed by atoms with Gasteiger partial charge in [0.15, 0.2) is 0 Å². The number of carbonyl (C=O) groups is 3. The zero-order chi connectivity index (χ0) is 15.8. The summed E-state index contributed by atoms with van der Waals surface area (Å²) >= 11 is 0. The summed E-state index contributed by atoms with van der Waals surface area (Å²) in [6.45, 7) is 3.55. The van der Waals surface area contributed by atoms with Gasteiger partial charge in [0.2, 0.25) is 11.8 Å². The average molecular weight is 292 g/mol. The Morgan fingerprint density at radius 2 is 1.81 bits per heavy atom. The minimum atomic E-state index is -0.870. The molecule has 0 aliphatic heterocycles. The molecule has 1 atom stereocenters. The molecule has 1 rings (SSSR count). The number of anilines is 1. The minimum Gasteiger partial charge on any atom is -0.481 e. The van der Waals surface area contributed by atoms with Gasteiger partial charge in [-0.05, 0) is 23.6 Å². The first kappa shape index (κ1) is 16.7. The van der Waals surface area contributed by atoms with Gasteiger partial charge in [0.05, 0.1) is 6.42 Å². The van der Waals surface area contributed by atoms with E-state index >= 15 is 0 Å². The van der Waals surface area contributed by atoms with Gasteiger partial charge in [-0.1, -0.05) is 19.1 Å². The second-order valence-electron chi connectivity index (χ2n) is 5.06. The zero-order valence-corrected chi connectivity index (χ0v) is 12.2. The SMILES string of the molecule is CC(=O)Nc1ccc(CC(=O)NCC(C)CC(=O)O)cc1. The van der Waals surface area contributed by atoms with Crippen molar-refractivity contribution < 1.29 is 19.5 Å². The highest BCUT2D eigenvalue weighted by molar-refractivity contribution is 5.88. The Morgan fingerprint density at radius 3 is 2.33 bits per heavy atom. The number of hydrogen-bond acceptors (Lipinski definition) is 3. The molecule has 6 heteroatoms. The Balaban J connectivity index is 2.40. The van der Waals surface area contributed by atoms with Crippen LogP contribution < -0.4 is 10.6 Å². The summed E-state index contributed by atoms with van der Waals surface area (Å²) < 4.78 is 0. The van der Waals surface area contributed by atoms with Crippen LogP contribution in [0.3, 0.4) is 0 Å². The quantitative estimate of drug-likeness (QED) is 0.708. The van der Waals surface area contributed by atoms with Gasteiger partial charge >= 0.3 is 5.97 Å². The van der Waals surface area contributed by atoms with Crippen LogP contribution in [0.25, 0.3) is 0 Å². The van der Waals surface area contributed by atoms with Crippen LogP contribution in [-0.2, 0) is 20.8 Å². The molecule has 1 aromatic carbocycles. The number of aliphatic carboxylic acids is 1.